The second-order valence-electron chi connectivity index (χ2n) is 3.71. The Labute approximate surface area is 107 Å². The molecule has 2 rings (SSSR count). The molecule has 0 spiro atoms. The number of phenolic OH excluding ortho intramolecular Hbond substituents is 1. The number of halogens is 2. The number of aromatic hydroxyl groups is 1. The van der Waals surface area contributed by atoms with Crippen molar-refractivity contribution in [1.29, 1.82) is 0 Å². The van der Waals surface area contributed by atoms with Gasteiger partial charge in [-0.25, -0.2) is 4.39 Å². The van der Waals surface area contributed by atoms with Crippen LogP contribution < -0.4 is 10.1 Å². The topological polar surface area (TPSA) is 50.7 Å². The molecule has 1 atom stereocenters. The first-order valence-electron chi connectivity index (χ1n) is 5.22. The zero-order valence-electron chi connectivity index (χ0n) is 9.30. The van der Waals surface area contributed by atoms with Crippen molar-refractivity contribution in [3.8, 4) is 11.5 Å². The van der Waals surface area contributed by atoms with Gasteiger partial charge in [0.25, 0.3) is 0 Å². The van der Waals surface area contributed by atoms with Crippen LogP contribution in [0.5, 0.6) is 11.5 Å². The van der Waals surface area contributed by atoms with Crippen molar-refractivity contribution < 1.29 is 19.0 Å². The molecular formula is C11H13BrFNO3. The molecule has 0 amide bonds. The van der Waals surface area contributed by atoms with E-state index in [1.165, 1.54) is 13.2 Å². The van der Waals surface area contributed by atoms with Gasteiger partial charge in [-0.2, -0.15) is 0 Å². The van der Waals surface area contributed by atoms with E-state index in [-0.39, 0.29) is 22.1 Å². The normalized spacial score (nSPS) is 20.3. The lowest BCUT2D eigenvalue weighted by Gasteiger charge is -2.25. The molecule has 1 aliphatic rings. The van der Waals surface area contributed by atoms with E-state index >= 15 is 0 Å². The van der Waals surface area contributed by atoms with E-state index < -0.39 is 5.82 Å². The Bertz CT molecular complexity index is 422. The van der Waals surface area contributed by atoms with Gasteiger partial charge in [-0.05, 0) is 22.0 Å². The van der Waals surface area contributed by atoms with E-state index in [4.69, 9.17) is 9.47 Å². The van der Waals surface area contributed by atoms with Gasteiger partial charge in [0.05, 0.1) is 24.3 Å². The maximum atomic E-state index is 13.6. The summed E-state index contributed by atoms with van der Waals surface area (Å²) in [5.74, 6) is -0.983. The average Bonchev–Trinajstić information content (AvgIpc) is 2.36. The van der Waals surface area contributed by atoms with E-state index in [1.54, 1.807) is 0 Å². The molecule has 17 heavy (non-hydrogen) atoms. The number of ether oxygens (including phenoxy) is 2. The summed E-state index contributed by atoms with van der Waals surface area (Å²) in [7, 11) is 1.31. The van der Waals surface area contributed by atoms with Crippen molar-refractivity contribution in [3.05, 3.63) is 21.9 Å². The van der Waals surface area contributed by atoms with Gasteiger partial charge in [-0.15, -0.1) is 0 Å². The van der Waals surface area contributed by atoms with Gasteiger partial charge in [0, 0.05) is 18.7 Å². The van der Waals surface area contributed by atoms with Crippen LogP contribution in [0.4, 0.5) is 4.39 Å². The second kappa shape index (κ2) is 5.20. The number of nitrogens with one attached hydrogen (secondary N) is 1. The number of methoxy groups -OCH3 is 1. The van der Waals surface area contributed by atoms with Crippen LogP contribution in [-0.4, -0.2) is 31.9 Å². The number of benzene rings is 1. The number of phenols is 1. The third kappa shape index (κ3) is 2.38. The van der Waals surface area contributed by atoms with Crippen LogP contribution in [0.2, 0.25) is 0 Å². The van der Waals surface area contributed by atoms with E-state index in [0.717, 1.165) is 6.54 Å². The zero-order valence-corrected chi connectivity index (χ0v) is 10.9. The standard InChI is InChI=1S/C11H13BrFNO3/c1-16-11-9(13)7(12)4-6(10(11)15)8-5-14-2-3-17-8/h4,8,14-15H,2-3,5H2,1H3. The summed E-state index contributed by atoms with van der Waals surface area (Å²) in [5, 5.41) is 13.1. The fourth-order valence-corrected chi connectivity index (χ4v) is 2.24. The van der Waals surface area contributed by atoms with Gasteiger partial charge >= 0.3 is 0 Å². The molecule has 6 heteroatoms. The Hall–Kier alpha value is -0.850. The van der Waals surface area contributed by atoms with Gasteiger partial charge in [0.2, 0.25) is 0 Å². The van der Waals surface area contributed by atoms with Crippen LogP contribution in [0, 0.1) is 5.82 Å². The zero-order chi connectivity index (χ0) is 12.4. The molecule has 1 aromatic rings. The fourth-order valence-electron chi connectivity index (χ4n) is 1.81. The minimum absolute atomic E-state index is 0.163. The molecule has 1 unspecified atom stereocenters. The highest BCUT2D eigenvalue weighted by Crippen LogP contribution is 2.41. The lowest BCUT2D eigenvalue weighted by molar-refractivity contribution is 0.0260. The molecule has 4 nitrogen and oxygen atoms in total. The molecule has 0 bridgehead atoms. The number of morpholine rings is 1. The minimum Gasteiger partial charge on any atom is -0.504 e. The van der Waals surface area contributed by atoms with Crippen LogP contribution in [0.15, 0.2) is 10.5 Å². The Morgan fingerprint density at radius 1 is 1.65 bits per heavy atom. The third-order valence-corrected chi connectivity index (χ3v) is 3.24. The molecule has 1 saturated heterocycles. The first kappa shape index (κ1) is 12.6. The molecule has 1 aliphatic heterocycles. The summed E-state index contributed by atoms with van der Waals surface area (Å²) < 4.78 is 24.2. The SMILES string of the molecule is COc1c(O)c(C2CNCCO2)cc(Br)c1F. The Morgan fingerprint density at radius 3 is 3.00 bits per heavy atom. The number of hydrogen-bond donors (Lipinski definition) is 2. The monoisotopic (exact) mass is 305 g/mol. The highest BCUT2D eigenvalue weighted by molar-refractivity contribution is 9.10. The highest BCUT2D eigenvalue weighted by atomic mass is 79.9. The lowest BCUT2D eigenvalue weighted by Crippen LogP contribution is -2.33. The maximum Gasteiger partial charge on any atom is 0.198 e. The first-order valence-corrected chi connectivity index (χ1v) is 6.01. The fraction of sp³-hybridized carbons (Fsp3) is 0.455. The third-order valence-electron chi connectivity index (χ3n) is 2.66. The molecule has 0 aromatic heterocycles. The summed E-state index contributed by atoms with van der Waals surface area (Å²) in [6, 6.07) is 1.52. The summed E-state index contributed by atoms with van der Waals surface area (Å²) >= 11 is 3.10. The van der Waals surface area contributed by atoms with Gasteiger partial charge in [0.1, 0.15) is 0 Å². The van der Waals surface area contributed by atoms with Crippen molar-refractivity contribution >= 4 is 15.9 Å². The minimum atomic E-state index is -0.613. The van der Waals surface area contributed by atoms with E-state index in [0.29, 0.717) is 18.7 Å². The van der Waals surface area contributed by atoms with Gasteiger partial charge < -0.3 is 19.9 Å². The summed E-state index contributed by atoms with van der Waals surface area (Å²) in [6.45, 7) is 1.91. The molecule has 0 saturated carbocycles. The molecule has 1 heterocycles. The largest absolute Gasteiger partial charge is 0.504 e. The predicted molar refractivity (Wildman–Crippen MR) is 63.9 cm³/mol. The van der Waals surface area contributed by atoms with Gasteiger partial charge in [-0.1, -0.05) is 0 Å². The summed E-state index contributed by atoms with van der Waals surface area (Å²) in [4.78, 5) is 0. The van der Waals surface area contributed by atoms with Crippen LogP contribution in [0.25, 0.3) is 0 Å². The van der Waals surface area contributed by atoms with Crippen molar-refractivity contribution in [2.45, 2.75) is 6.10 Å². The molecule has 94 valence electrons. The van der Waals surface area contributed by atoms with Crippen molar-refractivity contribution in [2.75, 3.05) is 26.8 Å². The van der Waals surface area contributed by atoms with Crippen LogP contribution >= 0.6 is 15.9 Å². The molecule has 1 aromatic carbocycles. The van der Waals surface area contributed by atoms with E-state index in [2.05, 4.69) is 21.2 Å². The van der Waals surface area contributed by atoms with Crippen LogP contribution in [0.1, 0.15) is 11.7 Å². The van der Waals surface area contributed by atoms with Crippen LogP contribution in [0.3, 0.4) is 0 Å². The van der Waals surface area contributed by atoms with Gasteiger partial charge in [-0.3, -0.25) is 0 Å². The Kier molecular flexibility index (Phi) is 3.86. The summed E-state index contributed by atoms with van der Waals surface area (Å²) in [5.41, 5.74) is 0.516. The van der Waals surface area contributed by atoms with Crippen molar-refractivity contribution in [1.82, 2.24) is 5.32 Å². The molecule has 1 fully saturated rings. The molecular weight excluding hydrogens is 293 g/mol. The van der Waals surface area contributed by atoms with Crippen molar-refractivity contribution in [3.63, 3.8) is 0 Å². The number of rotatable bonds is 2. The van der Waals surface area contributed by atoms with E-state index in [1.807, 2.05) is 0 Å². The van der Waals surface area contributed by atoms with Gasteiger partial charge in [0.15, 0.2) is 17.3 Å². The Balaban J connectivity index is 2.42. The average molecular weight is 306 g/mol. The smallest absolute Gasteiger partial charge is 0.198 e. The Morgan fingerprint density at radius 2 is 2.41 bits per heavy atom. The first-order chi connectivity index (χ1) is 8.15. The number of hydrogen-bond acceptors (Lipinski definition) is 4. The van der Waals surface area contributed by atoms with Crippen molar-refractivity contribution in [2.24, 2.45) is 0 Å². The molecule has 0 aliphatic carbocycles. The maximum absolute atomic E-state index is 13.6. The molecule has 0 radical (unpaired) electrons. The quantitative estimate of drug-likeness (QED) is 0.877. The van der Waals surface area contributed by atoms with E-state index in [9.17, 15) is 9.50 Å². The second-order valence-corrected chi connectivity index (χ2v) is 4.56. The lowest BCUT2D eigenvalue weighted by atomic mass is 10.1. The van der Waals surface area contributed by atoms with Crippen LogP contribution in [-0.2, 0) is 4.74 Å². The predicted octanol–water partition coefficient (Wildman–Crippen LogP) is 1.96. The molecule has 2 N–H and O–H groups in total. The summed E-state index contributed by atoms with van der Waals surface area (Å²) in [6.07, 6.45) is -0.297. The highest BCUT2D eigenvalue weighted by Gasteiger charge is 2.25.